The number of halogens is 1. The van der Waals surface area contributed by atoms with Gasteiger partial charge in [0.2, 0.25) is 5.91 Å². The zero-order chi connectivity index (χ0) is 12.8. The summed E-state index contributed by atoms with van der Waals surface area (Å²) in [6.07, 6.45) is 7.86. The number of likely N-dealkylation sites (tertiary alicyclic amines) is 1. The molecule has 1 saturated heterocycles. The van der Waals surface area contributed by atoms with Crippen molar-refractivity contribution in [1.29, 1.82) is 0 Å². The van der Waals surface area contributed by atoms with E-state index in [-0.39, 0.29) is 18.5 Å². The Morgan fingerprint density at radius 2 is 1.78 bits per heavy atom. The molecule has 1 amide bonds. The molecule has 0 aromatic rings. The molecule has 0 bridgehead atoms. The van der Waals surface area contributed by atoms with Gasteiger partial charge in [-0.2, -0.15) is 0 Å². The highest BCUT2D eigenvalue weighted by Crippen LogP contribution is 2.18. The summed E-state index contributed by atoms with van der Waals surface area (Å²) in [5, 5.41) is 3.14. The minimum Gasteiger partial charge on any atom is -0.352 e. The average Bonchev–Trinajstić information content (AvgIpc) is 2.40. The van der Waals surface area contributed by atoms with Crippen LogP contribution in [0.2, 0.25) is 0 Å². The van der Waals surface area contributed by atoms with Gasteiger partial charge in [-0.3, -0.25) is 14.1 Å². The van der Waals surface area contributed by atoms with Gasteiger partial charge in [-0.1, -0.05) is 19.3 Å². The van der Waals surface area contributed by atoms with Crippen molar-refractivity contribution in [2.75, 3.05) is 26.3 Å². The number of carbonyl (C=O) groups excluding carboxylic acids is 1. The summed E-state index contributed by atoms with van der Waals surface area (Å²) < 4.78 is 12.5. The summed E-state index contributed by atoms with van der Waals surface area (Å²) in [4.78, 5) is 14.1. The summed E-state index contributed by atoms with van der Waals surface area (Å²) in [5.41, 5.74) is 0. The van der Waals surface area contributed by atoms with E-state index in [0.29, 0.717) is 12.6 Å². The van der Waals surface area contributed by atoms with E-state index in [1.165, 1.54) is 19.3 Å². The fourth-order valence-electron chi connectivity index (χ4n) is 3.02. The van der Waals surface area contributed by atoms with Gasteiger partial charge in [0, 0.05) is 6.04 Å². The molecule has 1 N–H and O–H groups in total. The van der Waals surface area contributed by atoms with E-state index in [1.807, 2.05) is 0 Å². The predicted octanol–water partition coefficient (Wildman–Crippen LogP) is 2.12. The third-order valence-electron chi connectivity index (χ3n) is 4.26. The number of nitrogens with one attached hydrogen (secondary N) is 1. The second-order valence-electron chi connectivity index (χ2n) is 5.78. The lowest BCUT2D eigenvalue weighted by Crippen LogP contribution is -2.45. The molecule has 104 valence electrons. The van der Waals surface area contributed by atoms with E-state index in [0.717, 1.165) is 38.8 Å². The van der Waals surface area contributed by atoms with Crippen LogP contribution in [0, 0.1) is 5.92 Å². The van der Waals surface area contributed by atoms with Crippen LogP contribution in [-0.4, -0.2) is 43.2 Å². The maximum absolute atomic E-state index is 12.5. The van der Waals surface area contributed by atoms with Crippen LogP contribution in [0.15, 0.2) is 0 Å². The predicted molar refractivity (Wildman–Crippen MR) is 70.2 cm³/mol. The maximum atomic E-state index is 12.5. The van der Waals surface area contributed by atoms with Crippen molar-refractivity contribution in [2.24, 2.45) is 5.92 Å². The van der Waals surface area contributed by atoms with Crippen LogP contribution in [0.4, 0.5) is 4.39 Å². The van der Waals surface area contributed by atoms with Crippen LogP contribution >= 0.6 is 0 Å². The first kappa shape index (κ1) is 13.8. The van der Waals surface area contributed by atoms with Gasteiger partial charge < -0.3 is 5.32 Å². The number of hydrogen-bond acceptors (Lipinski definition) is 2. The number of rotatable bonds is 4. The molecule has 2 fully saturated rings. The van der Waals surface area contributed by atoms with Gasteiger partial charge in [-0.15, -0.1) is 0 Å². The lowest BCUT2D eigenvalue weighted by atomic mass is 9.95. The van der Waals surface area contributed by atoms with Gasteiger partial charge in [0.15, 0.2) is 0 Å². The average molecular weight is 256 g/mol. The van der Waals surface area contributed by atoms with E-state index in [1.54, 1.807) is 0 Å². The standard InChI is InChI=1S/C14H25FN2O/c15-10-12-6-8-17(9-7-12)11-14(18)16-13-4-2-1-3-5-13/h12-13H,1-11H2,(H,16,18). The molecule has 0 unspecified atom stereocenters. The van der Waals surface area contributed by atoms with Crippen LogP contribution in [0.3, 0.4) is 0 Å². The first-order valence-electron chi connectivity index (χ1n) is 7.35. The number of hydrogen-bond donors (Lipinski definition) is 1. The fraction of sp³-hybridized carbons (Fsp3) is 0.929. The molecule has 1 aliphatic carbocycles. The second kappa shape index (κ2) is 7.07. The van der Waals surface area contributed by atoms with Crippen LogP contribution in [0.25, 0.3) is 0 Å². The van der Waals surface area contributed by atoms with Crippen LogP contribution in [-0.2, 0) is 4.79 Å². The number of amides is 1. The first-order valence-corrected chi connectivity index (χ1v) is 7.35. The molecule has 0 aromatic carbocycles. The van der Waals surface area contributed by atoms with E-state index in [9.17, 15) is 9.18 Å². The fourth-order valence-corrected chi connectivity index (χ4v) is 3.02. The van der Waals surface area contributed by atoms with Gasteiger partial charge in [-0.05, 0) is 44.7 Å². The molecule has 2 aliphatic rings. The summed E-state index contributed by atoms with van der Waals surface area (Å²) in [7, 11) is 0. The highest BCUT2D eigenvalue weighted by atomic mass is 19.1. The molecular weight excluding hydrogens is 231 g/mol. The Morgan fingerprint density at radius 3 is 2.39 bits per heavy atom. The molecule has 0 atom stereocenters. The molecular formula is C14H25FN2O. The number of carbonyl (C=O) groups is 1. The monoisotopic (exact) mass is 256 g/mol. The largest absolute Gasteiger partial charge is 0.352 e. The van der Waals surface area contributed by atoms with E-state index < -0.39 is 0 Å². The van der Waals surface area contributed by atoms with Crippen molar-refractivity contribution in [3.05, 3.63) is 0 Å². The maximum Gasteiger partial charge on any atom is 0.234 e. The van der Waals surface area contributed by atoms with Gasteiger partial charge in [-0.25, -0.2) is 0 Å². The number of piperidine rings is 1. The van der Waals surface area contributed by atoms with Crippen LogP contribution in [0.5, 0.6) is 0 Å². The van der Waals surface area contributed by atoms with Gasteiger partial charge in [0.1, 0.15) is 0 Å². The van der Waals surface area contributed by atoms with Crippen molar-refractivity contribution >= 4 is 5.91 Å². The number of alkyl halides is 1. The molecule has 1 saturated carbocycles. The third kappa shape index (κ3) is 4.23. The van der Waals surface area contributed by atoms with Crippen LogP contribution < -0.4 is 5.32 Å². The lowest BCUT2D eigenvalue weighted by Gasteiger charge is -2.31. The molecule has 0 radical (unpaired) electrons. The second-order valence-corrected chi connectivity index (χ2v) is 5.78. The summed E-state index contributed by atoms with van der Waals surface area (Å²) >= 11 is 0. The Morgan fingerprint density at radius 1 is 1.11 bits per heavy atom. The van der Waals surface area contributed by atoms with Crippen LogP contribution in [0.1, 0.15) is 44.9 Å². The Balaban J connectivity index is 1.65. The summed E-state index contributed by atoms with van der Waals surface area (Å²) in [6, 6.07) is 0.398. The van der Waals surface area contributed by atoms with Gasteiger partial charge in [0.25, 0.3) is 0 Å². The highest BCUT2D eigenvalue weighted by molar-refractivity contribution is 5.78. The number of nitrogens with zero attached hydrogens (tertiary/aromatic N) is 1. The Bertz CT molecular complexity index is 259. The van der Waals surface area contributed by atoms with Gasteiger partial charge in [0.05, 0.1) is 13.2 Å². The van der Waals surface area contributed by atoms with Gasteiger partial charge >= 0.3 is 0 Å². The van der Waals surface area contributed by atoms with E-state index in [4.69, 9.17) is 0 Å². The third-order valence-corrected chi connectivity index (χ3v) is 4.26. The van der Waals surface area contributed by atoms with Crippen molar-refractivity contribution < 1.29 is 9.18 Å². The molecule has 4 heteroatoms. The van der Waals surface area contributed by atoms with Crippen molar-refractivity contribution in [3.63, 3.8) is 0 Å². The Kier molecular flexibility index (Phi) is 5.42. The Labute approximate surface area is 109 Å². The molecule has 0 aromatic heterocycles. The quantitative estimate of drug-likeness (QED) is 0.835. The van der Waals surface area contributed by atoms with E-state index in [2.05, 4.69) is 10.2 Å². The zero-order valence-electron chi connectivity index (χ0n) is 11.2. The minimum atomic E-state index is -0.206. The molecule has 18 heavy (non-hydrogen) atoms. The van der Waals surface area contributed by atoms with Crippen molar-refractivity contribution in [3.8, 4) is 0 Å². The summed E-state index contributed by atoms with van der Waals surface area (Å²) in [5.74, 6) is 0.378. The lowest BCUT2D eigenvalue weighted by molar-refractivity contribution is -0.123. The highest BCUT2D eigenvalue weighted by Gasteiger charge is 2.22. The zero-order valence-corrected chi connectivity index (χ0v) is 11.2. The van der Waals surface area contributed by atoms with Crippen molar-refractivity contribution in [2.45, 2.75) is 51.0 Å². The molecule has 2 rings (SSSR count). The SMILES string of the molecule is O=C(CN1CCC(CF)CC1)NC1CCCCC1. The molecule has 0 spiro atoms. The molecule has 1 heterocycles. The van der Waals surface area contributed by atoms with E-state index >= 15 is 0 Å². The minimum absolute atomic E-state index is 0.153. The molecule has 3 nitrogen and oxygen atoms in total. The Hall–Kier alpha value is -0.640. The summed E-state index contributed by atoms with van der Waals surface area (Å²) in [6.45, 7) is 2.02. The smallest absolute Gasteiger partial charge is 0.234 e. The van der Waals surface area contributed by atoms with Crippen molar-refractivity contribution in [1.82, 2.24) is 10.2 Å². The molecule has 1 aliphatic heterocycles. The normalized spacial score (nSPS) is 24.1. The topological polar surface area (TPSA) is 32.3 Å². The first-order chi connectivity index (χ1) is 8.78.